The Morgan fingerprint density at radius 3 is 2.37 bits per heavy atom. The van der Waals surface area contributed by atoms with E-state index in [0.717, 1.165) is 0 Å². The molecule has 4 aromatic rings. The minimum absolute atomic E-state index is 0.263. The van der Waals surface area contributed by atoms with Gasteiger partial charge in [-0.05, 0) is 41.5 Å². The van der Waals surface area contributed by atoms with Gasteiger partial charge in [-0.25, -0.2) is 14.6 Å². The van der Waals surface area contributed by atoms with E-state index in [1.54, 1.807) is 36.7 Å². The van der Waals surface area contributed by atoms with Gasteiger partial charge in [0, 0.05) is 18.8 Å². The lowest BCUT2D eigenvalue weighted by molar-refractivity contribution is -0.274. The van der Waals surface area contributed by atoms with E-state index in [2.05, 4.69) is 25.0 Å². The first-order valence-corrected chi connectivity index (χ1v) is 8.89. The summed E-state index contributed by atoms with van der Waals surface area (Å²) < 4.78 is 42.1. The van der Waals surface area contributed by atoms with E-state index in [-0.39, 0.29) is 17.9 Å². The van der Waals surface area contributed by atoms with Gasteiger partial charge in [-0.15, -0.1) is 18.3 Å². The predicted molar refractivity (Wildman–Crippen MR) is 102 cm³/mol. The molecule has 0 aliphatic rings. The van der Waals surface area contributed by atoms with E-state index in [0.29, 0.717) is 34.3 Å². The number of fused-ring (bicyclic) bond motifs is 1. The van der Waals surface area contributed by atoms with Crippen LogP contribution in [0, 0.1) is 0 Å². The fraction of sp³-hybridized carbons (Fsp3) is 0.150. The molecule has 0 atom stereocenters. The van der Waals surface area contributed by atoms with Gasteiger partial charge < -0.3 is 4.74 Å². The highest BCUT2D eigenvalue weighted by molar-refractivity contribution is 5.83. The van der Waals surface area contributed by atoms with Crippen LogP contribution >= 0.6 is 0 Å². The van der Waals surface area contributed by atoms with E-state index in [9.17, 15) is 18.0 Å². The van der Waals surface area contributed by atoms with Crippen LogP contribution in [0.15, 0.2) is 65.7 Å². The Labute approximate surface area is 167 Å². The Morgan fingerprint density at radius 1 is 0.967 bits per heavy atom. The maximum Gasteiger partial charge on any atom is 0.573 e. The molecular weight excluding hydrogens is 399 g/mol. The number of ether oxygens (including phenoxy) is 1. The molecular formula is C20H14F3N5O2. The van der Waals surface area contributed by atoms with Crippen LogP contribution in [0.2, 0.25) is 0 Å². The fourth-order valence-corrected chi connectivity index (χ4v) is 2.92. The summed E-state index contributed by atoms with van der Waals surface area (Å²) in [5.41, 5.74) is 1.39. The molecule has 0 unspecified atom stereocenters. The summed E-state index contributed by atoms with van der Waals surface area (Å²) >= 11 is 0. The molecule has 0 saturated heterocycles. The fourth-order valence-electron chi connectivity index (χ4n) is 2.92. The van der Waals surface area contributed by atoms with Gasteiger partial charge in [0.15, 0.2) is 0 Å². The predicted octanol–water partition coefficient (Wildman–Crippen LogP) is 3.39. The van der Waals surface area contributed by atoms with Crippen molar-refractivity contribution in [3.05, 3.63) is 77.1 Å². The SMILES string of the molecule is O=c1c2cc(-c3ccc(OC(F)(F)F)cc3)ccc2nnn1CCc1ncccn1. The van der Waals surface area contributed by atoms with Crippen molar-refractivity contribution in [1.82, 2.24) is 25.0 Å². The van der Waals surface area contributed by atoms with Crippen LogP contribution in [0.1, 0.15) is 5.82 Å². The number of hydrogen-bond donors (Lipinski definition) is 0. The van der Waals surface area contributed by atoms with Crippen molar-refractivity contribution < 1.29 is 17.9 Å². The molecule has 2 aromatic carbocycles. The Kier molecular flexibility index (Phi) is 5.13. The Morgan fingerprint density at radius 2 is 1.67 bits per heavy atom. The van der Waals surface area contributed by atoms with Crippen LogP contribution in [0.3, 0.4) is 0 Å². The number of alkyl halides is 3. The summed E-state index contributed by atoms with van der Waals surface area (Å²) in [6, 6.07) is 12.1. The minimum Gasteiger partial charge on any atom is -0.406 e. The molecule has 2 heterocycles. The van der Waals surface area contributed by atoms with E-state index in [1.807, 2.05) is 0 Å². The van der Waals surface area contributed by atoms with Gasteiger partial charge in [0.1, 0.15) is 17.1 Å². The smallest absolute Gasteiger partial charge is 0.406 e. The van der Waals surface area contributed by atoms with E-state index < -0.39 is 6.36 Å². The minimum atomic E-state index is -4.75. The van der Waals surface area contributed by atoms with Gasteiger partial charge in [-0.2, -0.15) is 0 Å². The summed E-state index contributed by atoms with van der Waals surface area (Å²) in [4.78, 5) is 21.0. The lowest BCUT2D eigenvalue weighted by Crippen LogP contribution is -2.25. The normalized spacial score (nSPS) is 11.6. The van der Waals surface area contributed by atoms with Gasteiger partial charge in [-0.3, -0.25) is 4.79 Å². The van der Waals surface area contributed by atoms with Crippen molar-refractivity contribution >= 4 is 10.9 Å². The van der Waals surface area contributed by atoms with Crippen LogP contribution in [0.25, 0.3) is 22.0 Å². The van der Waals surface area contributed by atoms with Crippen molar-refractivity contribution in [1.29, 1.82) is 0 Å². The van der Waals surface area contributed by atoms with E-state index in [1.165, 1.54) is 28.9 Å². The number of rotatable bonds is 5. The highest BCUT2D eigenvalue weighted by Gasteiger charge is 2.30. The second-order valence-electron chi connectivity index (χ2n) is 6.34. The van der Waals surface area contributed by atoms with Gasteiger partial charge >= 0.3 is 6.36 Å². The number of aromatic nitrogens is 5. The quantitative estimate of drug-likeness (QED) is 0.499. The molecule has 0 aliphatic carbocycles. The zero-order valence-electron chi connectivity index (χ0n) is 15.4. The van der Waals surface area contributed by atoms with Gasteiger partial charge in [0.2, 0.25) is 0 Å². The Bertz CT molecular complexity index is 1230. The van der Waals surface area contributed by atoms with Crippen LogP contribution in [-0.4, -0.2) is 31.3 Å². The second kappa shape index (κ2) is 7.90. The lowest BCUT2D eigenvalue weighted by atomic mass is 10.0. The maximum absolute atomic E-state index is 12.8. The molecule has 10 heteroatoms. The summed E-state index contributed by atoms with van der Waals surface area (Å²) in [6.45, 7) is 0.263. The molecule has 4 rings (SSSR count). The zero-order chi connectivity index (χ0) is 21.1. The topological polar surface area (TPSA) is 82.8 Å². The molecule has 0 amide bonds. The number of aryl methyl sites for hydroxylation is 2. The molecule has 152 valence electrons. The van der Waals surface area contributed by atoms with E-state index >= 15 is 0 Å². The number of halogens is 3. The molecule has 0 bridgehead atoms. The van der Waals surface area contributed by atoms with Crippen molar-refractivity contribution in [2.45, 2.75) is 19.3 Å². The number of hydrogen-bond acceptors (Lipinski definition) is 6. The molecule has 0 saturated carbocycles. The Hall–Kier alpha value is -3.82. The lowest BCUT2D eigenvalue weighted by Gasteiger charge is -2.10. The summed E-state index contributed by atoms with van der Waals surface area (Å²) in [6.07, 6.45) is -1.09. The first-order chi connectivity index (χ1) is 14.4. The summed E-state index contributed by atoms with van der Waals surface area (Å²) in [5, 5.41) is 8.37. The standard InChI is InChI=1S/C20H14F3N5O2/c21-20(22,23)30-15-5-2-13(3-6-15)14-4-7-17-16(12-14)19(29)28(27-26-17)11-8-18-24-9-1-10-25-18/h1-7,9-10,12H,8,11H2. The average Bonchev–Trinajstić information content (AvgIpc) is 2.73. The largest absolute Gasteiger partial charge is 0.573 e. The van der Waals surface area contributed by atoms with Crippen molar-refractivity contribution in [3.8, 4) is 16.9 Å². The summed E-state index contributed by atoms with van der Waals surface area (Å²) in [7, 11) is 0. The molecule has 0 N–H and O–H groups in total. The molecule has 2 aromatic heterocycles. The monoisotopic (exact) mass is 413 g/mol. The third kappa shape index (κ3) is 4.43. The highest BCUT2D eigenvalue weighted by atomic mass is 19.4. The third-order valence-electron chi connectivity index (χ3n) is 4.31. The number of benzene rings is 2. The van der Waals surface area contributed by atoms with E-state index in [4.69, 9.17) is 0 Å². The maximum atomic E-state index is 12.8. The molecule has 7 nitrogen and oxygen atoms in total. The highest BCUT2D eigenvalue weighted by Crippen LogP contribution is 2.27. The first kappa shape index (κ1) is 19.5. The van der Waals surface area contributed by atoms with Crippen LogP contribution < -0.4 is 10.3 Å². The molecule has 0 fully saturated rings. The van der Waals surface area contributed by atoms with Gasteiger partial charge in [-0.1, -0.05) is 23.4 Å². The van der Waals surface area contributed by atoms with Crippen molar-refractivity contribution in [2.75, 3.05) is 0 Å². The van der Waals surface area contributed by atoms with Crippen LogP contribution in [0.5, 0.6) is 5.75 Å². The molecule has 0 spiro atoms. The Balaban J connectivity index is 1.61. The first-order valence-electron chi connectivity index (χ1n) is 8.89. The van der Waals surface area contributed by atoms with Crippen molar-refractivity contribution in [2.24, 2.45) is 0 Å². The summed E-state index contributed by atoms with van der Waals surface area (Å²) in [5.74, 6) is 0.268. The third-order valence-corrected chi connectivity index (χ3v) is 4.31. The second-order valence-corrected chi connectivity index (χ2v) is 6.34. The number of nitrogens with zero attached hydrogens (tertiary/aromatic N) is 5. The average molecular weight is 413 g/mol. The molecule has 0 aliphatic heterocycles. The molecule has 0 radical (unpaired) electrons. The zero-order valence-corrected chi connectivity index (χ0v) is 15.4. The van der Waals surface area contributed by atoms with Gasteiger partial charge in [0.05, 0.1) is 11.9 Å². The van der Waals surface area contributed by atoms with Gasteiger partial charge in [0.25, 0.3) is 5.56 Å². The van der Waals surface area contributed by atoms with Crippen LogP contribution in [-0.2, 0) is 13.0 Å². The molecule has 30 heavy (non-hydrogen) atoms. The van der Waals surface area contributed by atoms with Crippen molar-refractivity contribution in [3.63, 3.8) is 0 Å². The van der Waals surface area contributed by atoms with Crippen LogP contribution in [0.4, 0.5) is 13.2 Å².